The van der Waals surface area contributed by atoms with Gasteiger partial charge in [-0.25, -0.2) is 0 Å². The van der Waals surface area contributed by atoms with E-state index in [0.29, 0.717) is 0 Å². The Balaban J connectivity index is 0.996. The first kappa shape index (κ1) is 35.4. The van der Waals surface area contributed by atoms with Gasteiger partial charge in [0, 0.05) is 37.2 Å². The lowest BCUT2D eigenvalue weighted by Crippen LogP contribution is -2.28. The first-order valence-corrected chi connectivity index (χ1v) is 21.8. The smallest absolute Gasteiger partial charge is 0.0713 e. The Morgan fingerprint density at radius 3 is 1.46 bits per heavy atom. The predicted molar refractivity (Wildman–Crippen MR) is 260 cm³/mol. The summed E-state index contributed by atoms with van der Waals surface area (Å²) in [6.45, 7) is 0. The fourth-order valence-corrected chi connectivity index (χ4v) is 11.3. The van der Waals surface area contributed by atoms with Crippen LogP contribution in [0.25, 0.3) is 64.3 Å². The third-order valence-corrected chi connectivity index (χ3v) is 14.0. The van der Waals surface area contributed by atoms with Crippen LogP contribution in [-0.4, -0.2) is 0 Å². The van der Waals surface area contributed by atoms with Crippen LogP contribution < -0.4 is 4.90 Å². The van der Waals surface area contributed by atoms with Crippen molar-refractivity contribution in [2.24, 2.45) is 0 Å². The van der Waals surface area contributed by atoms with E-state index in [4.69, 9.17) is 0 Å². The van der Waals surface area contributed by atoms with Gasteiger partial charge < -0.3 is 4.90 Å². The van der Waals surface area contributed by atoms with Crippen LogP contribution in [0.4, 0.5) is 17.1 Å². The molecule has 10 aromatic carbocycles. The van der Waals surface area contributed by atoms with E-state index in [0.717, 1.165) is 17.1 Å². The van der Waals surface area contributed by atoms with E-state index in [1.807, 2.05) is 11.3 Å². The van der Waals surface area contributed by atoms with Crippen LogP contribution in [0.15, 0.2) is 237 Å². The van der Waals surface area contributed by atoms with Crippen LogP contribution in [0.5, 0.6) is 0 Å². The molecule has 11 aromatic rings. The lowest BCUT2D eigenvalue weighted by atomic mass is 9.68. The number of thiophene rings is 1. The van der Waals surface area contributed by atoms with Crippen molar-refractivity contribution in [3.63, 3.8) is 0 Å². The number of nitrogens with zero attached hydrogens (tertiary/aromatic N) is 1. The summed E-state index contributed by atoms with van der Waals surface area (Å²) >= 11 is 1.88. The normalized spacial score (nSPS) is 12.7. The van der Waals surface area contributed by atoms with Gasteiger partial charge in [0.05, 0.1) is 5.41 Å². The van der Waals surface area contributed by atoms with E-state index in [1.54, 1.807) is 0 Å². The minimum absolute atomic E-state index is 0.451. The molecule has 0 unspecified atom stereocenters. The van der Waals surface area contributed by atoms with Gasteiger partial charge in [-0.2, -0.15) is 0 Å². The second-order valence-corrected chi connectivity index (χ2v) is 17.0. The van der Waals surface area contributed by atoms with Crippen molar-refractivity contribution < 1.29 is 0 Å². The van der Waals surface area contributed by atoms with Gasteiger partial charge in [0.2, 0.25) is 0 Å². The first-order chi connectivity index (χ1) is 30.3. The third kappa shape index (κ3) is 5.60. The molecule has 286 valence electrons. The van der Waals surface area contributed by atoms with Gasteiger partial charge in [0.15, 0.2) is 0 Å². The maximum atomic E-state index is 2.40. The van der Waals surface area contributed by atoms with Crippen molar-refractivity contribution in [2.45, 2.75) is 5.41 Å². The Labute approximate surface area is 360 Å². The number of benzene rings is 10. The van der Waals surface area contributed by atoms with Crippen LogP contribution >= 0.6 is 11.3 Å². The maximum Gasteiger partial charge on any atom is 0.0713 e. The summed E-state index contributed by atoms with van der Waals surface area (Å²) in [5, 5.41) is 5.15. The highest BCUT2D eigenvalue weighted by Gasteiger charge is 2.45. The Kier molecular flexibility index (Phi) is 8.33. The lowest BCUT2D eigenvalue weighted by molar-refractivity contribution is 0.768. The van der Waals surface area contributed by atoms with E-state index in [-0.39, 0.29) is 0 Å². The van der Waals surface area contributed by atoms with Crippen LogP contribution in [-0.2, 0) is 5.41 Å². The molecule has 1 heterocycles. The van der Waals surface area contributed by atoms with Crippen LogP contribution in [0, 0.1) is 0 Å². The molecule has 1 aromatic heterocycles. The highest BCUT2D eigenvalue weighted by Crippen LogP contribution is 2.56. The van der Waals surface area contributed by atoms with Crippen molar-refractivity contribution in [1.82, 2.24) is 0 Å². The van der Waals surface area contributed by atoms with Crippen LogP contribution in [0.1, 0.15) is 22.3 Å². The van der Waals surface area contributed by atoms with E-state index >= 15 is 0 Å². The van der Waals surface area contributed by atoms with E-state index in [2.05, 4.69) is 241 Å². The van der Waals surface area contributed by atoms with Gasteiger partial charge in [0.25, 0.3) is 0 Å². The molecule has 0 radical (unpaired) electrons. The summed E-state index contributed by atoms with van der Waals surface area (Å²) in [6, 6.07) is 87.2. The fourth-order valence-electron chi connectivity index (χ4n) is 10.1. The van der Waals surface area contributed by atoms with Gasteiger partial charge in [-0.1, -0.05) is 194 Å². The van der Waals surface area contributed by atoms with Crippen molar-refractivity contribution in [2.75, 3.05) is 4.90 Å². The fraction of sp³-hybridized carbons (Fsp3) is 0.0169. The largest absolute Gasteiger partial charge is 0.311 e. The van der Waals surface area contributed by atoms with Crippen molar-refractivity contribution in [3.8, 4) is 33.4 Å². The molecule has 12 rings (SSSR count). The number of hydrogen-bond donors (Lipinski definition) is 0. The molecule has 2 heteroatoms. The summed E-state index contributed by atoms with van der Waals surface area (Å²) in [5.74, 6) is 0. The maximum absolute atomic E-state index is 2.40. The van der Waals surface area contributed by atoms with Crippen LogP contribution in [0.2, 0.25) is 0 Å². The molecular weight excluding hydrogens is 755 g/mol. The molecule has 61 heavy (non-hydrogen) atoms. The zero-order valence-electron chi connectivity index (χ0n) is 33.4. The quantitative estimate of drug-likeness (QED) is 0.155. The van der Waals surface area contributed by atoms with Gasteiger partial charge in [-0.3, -0.25) is 0 Å². The number of anilines is 3. The monoisotopic (exact) mass is 793 g/mol. The van der Waals surface area contributed by atoms with Crippen molar-refractivity contribution in [3.05, 3.63) is 259 Å². The molecule has 0 aliphatic heterocycles. The summed E-state index contributed by atoms with van der Waals surface area (Å²) in [6.07, 6.45) is 0. The molecule has 1 aliphatic rings. The molecule has 0 saturated carbocycles. The van der Waals surface area contributed by atoms with Crippen LogP contribution in [0.3, 0.4) is 0 Å². The summed E-state index contributed by atoms with van der Waals surface area (Å²) in [4.78, 5) is 2.40. The standard InChI is InChI=1S/C59H39NS/c1-2-16-43(17-3-1)59(55-25-9-6-19-51(55)52-20-7-10-26-56(52)59)44-32-38-47(39-33-44)60(45-34-28-41(29-35-45)49-22-12-15-40-14-4-5-18-48(40)49)46-36-30-42(31-37-46)50-23-13-24-54-53-21-8-11-27-57(53)61-58(50)54/h1-39H. The molecule has 0 fully saturated rings. The van der Waals surface area contributed by atoms with Crippen molar-refractivity contribution >= 4 is 59.3 Å². The minimum atomic E-state index is -0.451. The van der Waals surface area contributed by atoms with Gasteiger partial charge >= 0.3 is 0 Å². The molecule has 0 spiro atoms. The average Bonchev–Trinajstić information content (AvgIpc) is 3.87. The number of rotatable bonds is 7. The Morgan fingerprint density at radius 1 is 0.311 bits per heavy atom. The topological polar surface area (TPSA) is 3.24 Å². The lowest BCUT2D eigenvalue weighted by Gasteiger charge is -2.34. The summed E-state index contributed by atoms with van der Waals surface area (Å²) in [5.41, 5.74) is 15.5. The average molecular weight is 794 g/mol. The Hall–Kier alpha value is -7.52. The minimum Gasteiger partial charge on any atom is -0.311 e. The highest BCUT2D eigenvalue weighted by atomic mass is 32.1. The van der Waals surface area contributed by atoms with E-state index < -0.39 is 5.41 Å². The van der Waals surface area contributed by atoms with E-state index in [9.17, 15) is 0 Å². The van der Waals surface area contributed by atoms with E-state index in [1.165, 1.54) is 86.6 Å². The molecular formula is C59H39NS. The second-order valence-electron chi connectivity index (χ2n) is 16.0. The van der Waals surface area contributed by atoms with Crippen molar-refractivity contribution in [1.29, 1.82) is 0 Å². The molecule has 0 amide bonds. The summed E-state index contributed by atoms with van der Waals surface area (Å²) in [7, 11) is 0. The predicted octanol–water partition coefficient (Wildman–Crippen LogP) is 16.4. The van der Waals surface area contributed by atoms with Gasteiger partial charge in [-0.15, -0.1) is 11.3 Å². The molecule has 1 aliphatic carbocycles. The van der Waals surface area contributed by atoms with Gasteiger partial charge in [-0.05, 0) is 109 Å². The number of fused-ring (bicyclic) bond motifs is 7. The zero-order valence-corrected chi connectivity index (χ0v) is 34.2. The Morgan fingerprint density at radius 2 is 0.770 bits per heavy atom. The highest BCUT2D eigenvalue weighted by molar-refractivity contribution is 7.26. The third-order valence-electron chi connectivity index (χ3n) is 12.8. The SMILES string of the molecule is c1ccc(C2(c3ccc(N(c4ccc(-c5cccc6ccccc56)cc4)c4ccc(-c5cccc6c5sc5ccccc56)cc4)cc3)c3ccccc3-c3ccccc32)cc1. The molecule has 0 atom stereocenters. The van der Waals surface area contributed by atoms with Gasteiger partial charge in [0.1, 0.15) is 0 Å². The molecule has 0 bridgehead atoms. The second kappa shape index (κ2) is 14.3. The molecule has 0 N–H and O–H groups in total. The summed E-state index contributed by atoms with van der Waals surface area (Å²) < 4.78 is 2.65. The molecule has 1 nitrogen and oxygen atoms in total. The number of hydrogen-bond acceptors (Lipinski definition) is 2. The Bertz CT molecular complexity index is 3350. The first-order valence-electron chi connectivity index (χ1n) is 21.0. The zero-order chi connectivity index (χ0) is 40.3. The molecule has 0 saturated heterocycles.